The van der Waals surface area contributed by atoms with Crippen LogP contribution in [0.25, 0.3) is 11.7 Å². The Kier molecular flexibility index (Phi) is 3.70. The van der Waals surface area contributed by atoms with Crippen molar-refractivity contribution in [1.29, 1.82) is 0 Å². The summed E-state index contributed by atoms with van der Waals surface area (Å²) >= 11 is 2.23. The second kappa shape index (κ2) is 5.09. The van der Waals surface area contributed by atoms with Crippen molar-refractivity contribution >= 4 is 40.6 Å². The summed E-state index contributed by atoms with van der Waals surface area (Å²) in [5.41, 5.74) is 3.46. The minimum atomic E-state index is -0.117. The number of carbonyl (C=O) groups is 1. The predicted octanol–water partition coefficient (Wildman–Crippen LogP) is 2.72. The van der Waals surface area contributed by atoms with E-state index in [1.165, 1.54) is 6.07 Å². The molecule has 0 bridgehead atoms. The lowest BCUT2D eigenvalue weighted by Crippen LogP contribution is -2.15. The number of fused-ring (bicyclic) bond motifs is 1. The Morgan fingerprint density at radius 1 is 1.50 bits per heavy atom. The molecule has 2 aromatic rings. The number of pyridine rings is 1. The van der Waals surface area contributed by atoms with E-state index in [0.29, 0.717) is 16.8 Å². The summed E-state index contributed by atoms with van der Waals surface area (Å²) in [6.07, 6.45) is 4.55. The van der Waals surface area contributed by atoms with Gasteiger partial charge < -0.3 is 4.98 Å². The van der Waals surface area contributed by atoms with Gasteiger partial charge >= 0.3 is 0 Å². The molecule has 2 aromatic heterocycles. The van der Waals surface area contributed by atoms with Gasteiger partial charge in [-0.3, -0.25) is 14.0 Å². The minimum Gasteiger partial charge on any atom is -0.342 e. The van der Waals surface area contributed by atoms with Crippen LogP contribution in [-0.4, -0.2) is 15.7 Å². The van der Waals surface area contributed by atoms with E-state index in [2.05, 4.69) is 27.6 Å². The Bertz CT molecular complexity index is 695. The third-order valence-corrected chi connectivity index (χ3v) is 3.62. The van der Waals surface area contributed by atoms with Crippen LogP contribution in [0.15, 0.2) is 16.9 Å². The number of carbonyl (C=O) groups excluding carboxylic acids is 1. The van der Waals surface area contributed by atoms with Crippen LogP contribution >= 0.6 is 22.6 Å². The van der Waals surface area contributed by atoms with Crippen molar-refractivity contribution in [2.45, 2.75) is 18.3 Å². The van der Waals surface area contributed by atoms with E-state index in [-0.39, 0.29) is 5.56 Å². The van der Waals surface area contributed by atoms with Gasteiger partial charge in [-0.1, -0.05) is 28.7 Å². The van der Waals surface area contributed by atoms with Crippen molar-refractivity contribution in [2.24, 2.45) is 0 Å². The molecule has 0 saturated carbocycles. The maximum absolute atomic E-state index is 12.1. The van der Waals surface area contributed by atoms with Crippen molar-refractivity contribution in [2.75, 3.05) is 0 Å². The summed E-state index contributed by atoms with van der Waals surface area (Å²) in [5, 5.41) is 0. The second-order valence-corrected chi connectivity index (χ2v) is 4.77. The Labute approximate surface area is 118 Å². The maximum Gasteiger partial charge on any atom is 0.257 e. The fraction of sp³-hybridized carbons (Fsp3) is 0.231. The molecule has 2 heterocycles. The summed E-state index contributed by atoms with van der Waals surface area (Å²) in [6, 6.07) is 1.49. The van der Waals surface area contributed by atoms with Crippen molar-refractivity contribution in [3.63, 3.8) is 0 Å². The van der Waals surface area contributed by atoms with Crippen molar-refractivity contribution < 1.29 is 4.79 Å². The first-order valence-electron chi connectivity index (χ1n) is 5.55. The first kappa shape index (κ1) is 13.1. The van der Waals surface area contributed by atoms with Crippen LogP contribution < -0.4 is 5.56 Å². The lowest BCUT2D eigenvalue weighted by atomic mass is 10.1. The number of aryl methyl sites for hydroxylation is 1. The van der Waals surface area contributed by atoms with Gasteiger partial charge in [0.25, 0.3) is 5.56 Å². The predicted molar refractivity (Wildman–Crippen MR) is 80.6 cm³/mol. The largest absolute Gasteiger partial charge is 0.342 e. The van der Waals surface area contributed by atoms with E-state index in [1.807, 2.05) is 19.1 Å². The van der Waals surface area contributed by atoms with Crippen LogP contribution in [0.2, 0.25) is 0 Å². The van der Waals surface area contributed by atoms with Crippen LogP contribution in [0.4, 0.5) is 0 Å². The smallest absolute Gasteiger partial charge is 0.257 e. The number of imidazole rings is 1. The number of halogens is 1. The summed E-state index contributed by atoms with van der Waals surface area (Å²) in [7, 11) is 0. The normalized spacial score (nSPS) is 11.5. The van der Waals surface area contributed by atoms with Gasteiger partial charge in [-0.25, -0.2) is 0 Å². The van der Waals surface area contributed by atoms with Crippen LogP contribution in [0.3, 0.4) is 0 Å². The molecule has 94 valence electrons. The molecular formula is C13H13IN2O2. The molecule has 0 amide bonds. The van der Waals surface area contributed by atoms with Gasteiger partial charge in [-0.2, -0.15) is 0 Å². The Balaban J connectivity index is 3.01. The molecular weight excluding hydrogens is 343 g/mol. The number of nitrogens with one attached hydrogen (secondary N) is 1. The summed E-state index contributed by atoms with van der Waals surface area (Å²) in [5.74, 6) is 0. The second-order valence-electron chi connectivity index (χ2n) is 4.00. The lowest BCUT2D eigenvalue weighted by Gasteiger charge is -2.01. The van der Waals surface area contributed by atoms with Crippen LogP contribution in [0.5, 0.6) is 0 Å². The van der Waals surface area contributed by atoms with Crippen LogP contribution in [-0.2, 0) is 4.43 Å². The zero-order valence-electron chi connectivity index (χ0n) is 10.2. The van der Waals surface area contributed by atoms with E-state index in [9.17, 15) is 9.59 Å². The third kappa shape index (κ3) is 1.92. The molecule has 0 atom stereocenters. The molecule has 18 heavy (non-hydrogen) atoms. The number of allylic oxidation sites excluding steroid dienone is 1. The quantitative estimate of drug-likeness (QED) is 0.522. The van der Waals surface area contributed by atoms with E-state index in [4.69, 9.17) is 0 Å². The van der Waals surface area contributed by atoms with Crippen LogP contribution in [0, 0.1) is 6.92 Å². The fourth-order valence-corrected chi connectivity index (χ4v) is 2.61. The molecule has 0 unspecified atom stereocenters. The average molecular weight is 356 g/mol. The Hall–Kier alpha value is -1.37. The number of aromatic nitrogens is 2. The van der Waals surface area contributed by atoms with Crippen molar-refractivity contribution in [1.82, 2.24) is 9.38 Å². The number of H-pyrrole nitrogens is 1. The molecule has 0 radical (unpaired) electrons. The van der Waals surface area contributed by atoms with Gasteiger partial charge in [-0.15, -0.1) is 0 Å². The van der Waals surface area contributed by atoms with Gasteiger partial charge in [0, 0.05) is 10.5 Å². The topological polar surface area (TPSA) is 54.3 Å². The summed E-state index contributed by atoms with van der Waals surface area (Å²) in [4.78, 5) is 26.4. The highest BCUT2D eigenvalue weighted by Gasteiger charge is 2.14. The number of nitrogens with zero attached hydrogens (tertiary/aromatic N) is 1. The molecule has 5 heteroatoms. The zero-order chi connectivity index (χ0) is 13.3. The average Bonchev–Trinajstić information content (AvgIpc) is 2.69. The van der Waals surface area contributed by atoms with E-state index in [1.54, 1.807) is 11.3 Å². The highest BCUT2D eigenvalue weighted by molar-refractivity contribution is 14.1. The maximum atomic E-state index is 12.1. The molecule has 0 aliphatic heterocycles. The third-order valence-electron chi connectivity index (χ3n) is 2.86. The zero-order valence-corrected chi connectivity index (χ0v) is 12.3. The molecule has 0 fully saturated rings. The lowest BCUT2D eigenvalue weighted by molar-refractivity contribution is 0.112. The van der Waals surface area contributed by atoms with Gasteiger partial charge in [-0.05, 0) is 25.5 Å². The Morgan fingerprint density at radius 3 is 2.78 bits per heavy atom. The molecule has 0 saturated heterocycles. The number of alkyl halides is 1. The van der Waals surface area contributed by atoms with Crippen LogP contribution in [0.1, 0.15) is 34.2 Å². The number of aldehydes is 1. The van der Waals surface area contributed by atoms with Gasteiger partial charge in [0.2, 0.25) is 0 Å². The fourth-order valence-electron chi connectivity index (χ4n) is 2.03. The molecule has 0 aromatic carbocycles. The number of rotatable bonds is 3. The van der Waals surface area contributed by atoms with Crippen molar-refractivity contribution in [3.8, 4) is 0 Å². The molecule has 0 spiro atoms. The number of hydrogen-bond donors (Lipinski definition) is 1. The number of aromatic amines is 1. The van der Waals surface area contributed by atoms with Gasteiger partial charge in [0.1, 0.15) is 5.65 Å². The summed E-state index contributed by atoms with van der Waals surface area (Å²) in [6.45, 7) is 3.67. The molecule has 0 aliphatic carbocycles. The van der Waals surface area contributed by atoms with E-state index < -0.39 is 0 Å². The monoisotopic (exact) mass is 356 g/mol. The number of hydrogen-bond acceptors (Lipinski definition) is 2. The molecule has 2 rings (SSSR count). The highest BCUT2D eigenvalue weighted by Crippen LogP contribution is 2.19. The van der Waals surface area contributed by atoms with Gasteiger partial charge in [0.15, 0.2) is 6.29 Å². The Morgan fingerprint density at radius 2 is 2.22 bits per heavy atom. The highest BCUT2D eigenvalue weighted by atomic mass is 127. The van der Waals surface area contributed by atoms with Crippen molar-refractivity contribution in [3.05, 3.63) is 45.0 Å². The van der Waals surface area contributed by atoms with E-state index >= 15 is 0 Å². The standard InChI is InChI=1S/C13H13IN2O2/c1-3-4-11-10(6-14)15-13-9(7-17)8(2)5-12(18)16(11)13/h3-5,7,15H,6H2,1-2H3/b4-3-. The summed E-state index contributed by atoms with van der Waals surface area (Å²) < 4.78 is 2.31. The molecule has 4 nitrogen and oxygen atoms in total. The minimum absolute atomic E-state index is 0.117. The van der Waals surface area contributed by atoms with Gasteiger partial charge in [0.05, 0.1) is 17.0 Å². The van der Waals surface area contributed by atoms with E-state index in [0.717, 1.165) is 22.1 Å². The molecule has 1 N–H and O–H groups in total. The SMILES string of the molecule is C/C=C\c1c(CI)[nH]c2c(C=O)c(C)cc(=O)n12. The molecule has 0 aliphatic rings. The first-order chi connectivity index (χ1) is 8.63. The first-order valence-corrected chi connectivity index (χ1v) is 7.07.